The molecule has 0 N–H and O–H groups in total. The van der Waals surface area contributed by atoms with Crippen LogP contribution in [0.25, 0.3) is 0 Å². The molecule has 1 aliphatic rings. The van der Waals surface area contributed by atoms with E-state index in [4.69, 9.17) is 14.2 Å². The van der Waals surface area contributed by atoms with Crippen molar-refractivity contribution < 1.29 is 19.0 Å². The SMILES string of the molecule is CCOC1(OCC)CC(OC(=O)c2ccnn2[C@H](C)c2ccccc2)C1. The van der Waals surface area contributed by atoms with Crippen molar-refractivity contribution in [1.82, 2.24) is 9.78 Å². The zero-order valence-corrected chi connectivity index (χ0v) is 15.6. The molecule has 140 valence electrons. The van der Waals surface area contributed by atoms with Gasteiger partial charge < -0.3 is 14.2 Å². The van der Waals surface area contributed by atoms with Crippen LogP contribution in [0.15, 0.2) is 42.6 Å². The quantitative estimate of drug-likeness (QED) is 0.533. The number of ether oxygens (including phenoxy) is 3. The summed E-state index contributed by atoms with van der Waals surface area (Å²) in [6, 6.07) is 11.6. The Labute approximate surface area is 154 Å². The van der Waals surface area contributed by atoms with Crippen LogP contribution in [0.3, 0.4) is 0 Å². The minimum Gasteiger partial charge on any atom is -0.457 e. The molecule has 3 rings (SSSR count). The van der Waals surface area contributed by atoms with E-state index in [1.807, 2.05) is 51.1 Å². The summed E-state index contributed by atoms with van der Waals surface area (Å²) in [5.74, 6) is -0.969. The first-order chi connectivity index (χ1) is 12.6. The fourth-order valence-electron chi connectivity index (χ4n) is 3.39. The second-order valence-electron chi connectivity index (χ2n) is 6.46. The number of aromatic nitrogens is 2. The largest absolute Gasteiger partial charge is 0.457 e. The average molecular weight is 358 g/mol. The Kier molecular flexibility index (Phi) is 5.74. The molecule has 26 heavy (non-hydrogen) atoms. The highest BCUT2D eigenvalue weighted by Crippen LogP contribution is 2.39. The van der Waals surface area contributed by atoms with Crippen molar-refractivity contribution in [2.24, 2.45) is 0 Å². The molecule has 6 nitrogen and oxygen atoms in total. The Morgan fingerprint density at radius 3 is 2.46 bits per heavy atom. The lowest BCUT2D eigenvalue weighted by atomic mass is 9.87. The Morgan fingerprint density at radius 2 is 1.85 bits per heavy atom. The molecule has 0 saturated heterocycles. The van der Waals surface area contributed by atoms with Gasteiger partial charge in [0.05, 0.1) is 6.04 Å². The molecule has 1 atom stereocenters. The smallest absolute Gasteiger partial charge is 0.356 e. The first kappa shape index (κ1) is 18.6. The van der Waals surface area contributed by atoms with Crippen LogP contribution in [0.1, 0.15) is 55.7 Å². The topological polar surface area (TPSA) is 62.6 Å². The third-order valence-electron chi connectivity index (χ3n) is 4.69. The minimum absolute atomic E-state index is 0.0546. The maximum Gasteiger partial charge on any atom is 0.356 e. The van der Waals surface area contributed by atoms with Gasteiger partial charge in [0, 0.05) is 32.3 Å². The number of hydrogen-bond donors (Lipinski definition) is 0. The number of nitrogens with zero attached hydrogens (tertiary/aromatic N) is 2. The second kappa shape index (κ2) is 8.01. The number of esters is 1. The third-order valence-corrected chi connectivity index (χ3v) is 4.69. The van der Waals surface area contributed by atoms with Crippen LogP contribution in [-0.4, -0.2) is 40.9 Å². The summed E-state index contributed by atoms with van der Waals surface area (Å²) >= 11 is 0. The Morgan fingerprint density at radius 1 is 1.19 bits per heavy atom. The lowest BCUT2D eigenvalue weighted by molar-refractivity contribution is -0.300. The van der Waals surface area contributed by atoms with Crippen molar-refractivity contribution in [2.45, 2.75) is 51.5 Å². The fourth-order valence-corrected chi connectivity index (χ4v) is 3.39. The third kappa shape index (κ3) is 3.81. The molecule has 0 aliphatic heterocycles. The van der Waals surface area contributed by atoms with Crippen LogP contribution in [0.2, 0.25) is 0 Å². The minimum atomic E-state index is -0.605. The van der Waals surface area contributed by atoms with E-state index in [-0.39, 0.29) is 18.1 Å². The standard InChI is InChI=1S/C20H26N2O4/c1-4-24-20(25-5-2)13-17(14-20)26-19(23)18-11-12-21-22(18)15(3)16-9-7-6-8-10-16/h6-12,15,17H,4-5,13-14H2,1-3H3/t15-/m1/s1. The summed E-state index contributed by atoms with van der Waals surface area (Å²) in [4.78, 5) is 12.6. The normalized spacial score (nSPS) is 17.5. The lowest BCUT2D eigenvalue weighted by Gasteiger charge is -2.45. The van der Waals surface area contributed by atoms with E-state index < -0.39 is 5.79 Å². The molecule has 0 amide bonds. The maximum absolute atomic E-state index is 12.6. The van der Waals surface area contributed by atoms with Crippen molar-refractivity contribution in [1.29, 1.82) is 0 Å². The molecule has 0 spiro atoms. The molecule has 6 heteroatoms. The molecular weight excluding hydrogens is 332 g/mol. The zero-order valence-electron chi connectivity index (χ0n) is 15.6. The fraction of sp³-hybridized carbons (Fsp3) is 0.500. The molecule has 1 fully saturated rings. The number of benzene rings is 1. The van der Waals surface area contributed by atoms with Gasteiger partial charge in [-0.3, -0.25) is 4.68 Å². The van der Waals surface area contributed by atoms with Gasteiger partial charge in [0.25, 0.3) is 0 Å². The summed E-state index contributed by atoms with van der Waals surface area (Å²) in [6.07, 6.45) is 2.54. The van der Waals surface area contributed by atoms with Crippen molar-refractivity contribution in [3.8, 4) is 0 Å². The highest BCUT2D eigenvalue weighted by molar-refractivity contribution is 5.87. The van der Waals surface area contributed by atoms with Gasteiger partial charge in [-0.1, -0.05) is 30.3 Å². The number of carbonyl (C=O) groups excluding carboxylic acids is 1. The molecular formula is C20H26N2O4. The Hall–Kier alpha value is -2.18. The second-order valence-corrected chi connectivity index (χ2v) is 6.46. The van der Waals surface area contributed by atoms with Gasteiger partial charge in [0.1, 0.15) is 11.8 Å². The number of rotatable bonds is 8. The van der Waals surface area contributed by atoms with E-state index >= 15 is 0 Å². The first-order valence-electron chi connectivity index (χ1n) is 9.16. The van der Waals surface area contributed by atoms with Gasteiger partial charge in [0.2, 0.25) is 0 Å². The summed E-state index contributed by atoms with van der Waals surface area (Å²) in [6.45, 7) is 7.02. The van der Waals surface area contributed by atoms with Crippen LogP contribution in [-0.2, 0) is 14.2 Å². The summed E-state index contributed by atoms with van der Waals surface area (Å²) in [5.41, 5.74) is 1.53. The van der Waals surface area contributed by atoms with Crippen LogP contribution in [0.4, 0.5) is 0 Å². The van der Waals surface area contributed by atoms with E-state index in [0.29, 0.717) is 31.7 Å². The van der Waals surface area contributed by atoms with Crippen LogP contribution in [0, 0.1) is 0 Å². The van der Waals surface area contributed by atoms with Gasteiger partial charge in [-0.15, -0.1) is 0 Å². The number of carbonyl (C=O) groups is 1. The molecule has 2 aromatic rings. The molecule has 1 aromatic heterocycles. The van der Waals surface area contributed by atoms with Gasteiger partial charge in [-0.2, -0.15) is 5.10 Å². The monoisotopic (exact) mass is 358 g/mol. The highest BCUT2D eigenvalue weighted by Gasteiger charge is 2.48. The van der Waals surface area contributed by atoms with Crippen molar-refractivity contribution in [2.75, 3.05) is 13.2 Å². The zero-order chi connectivity index (χ0) is 18.6. The van der Waals surface area contributed by atoms with E-state index in [1.165, 1.54) is 0 Å². The summed E-state index contributed by atoms with van der Waals surface area (Å²) in [5, 5.41) is 4.32. The van der Waals surface area contributed by atoms with Gasteiger partial charge in [0.15, 0.2) is 5.79 Å². The molecule has 0 radical (unpaired) electrons. The first-order valence-corrected chi connectivity index (χ1v) is 9.16. The molecule has 1 saturated carbocycles. The molecule has 0 unspecified atom stereocenters. The summed E-state index contributed by atoms with van der Waals surface area (Å²) in [7, 11) is 0. The summed E-state index contributed by atoms with van der Waals surface area (Å²) < 4.78 is 18.7. The van der Waals surface area contributed by atoms with Crippen molar-refractivity contribution in [3.63, 3.8) is 0 Å². The molecule has 0 bridgehead atoms. The molecule has 1 heterocycles. The van der Waals surface area contributed by atoms with E-state index in [0.717, 1.165) is 5.56 Å². The van der Waals surface area contributed by atoms with Crippen LogP contribution >= 0.6 is 0 Å². The van der Waals surface area contributed by atoms with Crippen LogP contribution < -0.4 is 0 Å². The van der Waals surface area contributed by atoms with Gasteiger partial charge in [-0.25, -0.2) is 4.79 Å². The predicted octanol–water partition coefficient (Wildman–Crippen LogP) is 3.58. The Bertz CT molecular complexity index is 714. The number of hydrogen-bond acceptors (Lipinski definition) is 5. The Balaban J connectivity index is 1.65. The van der Waals surface area contributed by atoms with Gasteiger partial charge >= 0.3 is 5.97 Å². The highest BCUT2D eigenvalue weighted by atomic mass is 16.7. The van der Waals surface area contributed by atoms with E-state index in [1.54, 1.807) is 16.9 Å². The molecule has 1 aromatic carbocycles. The van der Waals surface area contributed by atoms with Gasteiger partial charge in [-0.05, 0) is 32.4 Å². The van der Waals surface area contributed by atoms with Crippen molar-refractivity contribution in [3.05, 3.63) is 53.9 Å². The van der Waals surface area contributed by atoms with Crippen LogP contribution in [0.5, 0.6) is 0 Å². The van der Waals surface area contributed by atoms with E-state index in [9.17, 15) is 4.79 Å². The van der Waals surface area contributed by atoms with E-state index in [2.05, 4.69) is 5.10 Å². The predicted molar refractivity (Wildman–Crippen MR) is 96.9 cm³/mol. The maximum atomic E-state index is 12.6. The molecule has 1 aliphatic carbocycles. The average Bonchev–Trinajstić information content (AvgIpc) is 3.10. The lowest BCUT2D eigenvalue weighted by Crippen LogP contribution is -2.53. The van der Waals surface area contributed by atoms with Crippen molar-refractivity contribution >= 4 is 5.97 Å².